The molecule has 152 valence electrons. The highest BCUT2D eigenvalue weighted by atomic mass is 32.2. The van der Waals surface area contributed by atoms with E-state index in [4.69, 9.17) is 9.47 Å². The van der Waals surface area contributed by atoms with Gasteiger partial charge in [-0.15, -0.1) is 0 Å². The van der Waals surface area contributed by atoms with Gasteiger partial charge in [0.15, 0.2) is 0 Å². The van der Waals surface area contributed by atoms with Gasteiger partial charge in [0.2, 0.25) is 15.9 Å². The molecule has 1 N–H and O–H groups in total. The van der Waals surface area contributed by atoms with E-state index >= 15 is 0 Å². The van der Waals surface area contributed by atoms with Crippen LogP contribution in [0.15, 0.2) is 42.7 Å². The highest BCUT2D eigenvalue weighted by molar-refractivity contribution is 7.92. The van der Waals surface area contributed by atoms with Crippen molar-refractivity contribution in [3.05, 3.63) is 42.7 Å². The lowest BCUT2D eigenvalue weighted by Gasteiger charge is -2.29. The molecule has 1 aromatic carbocycles. The number of anilines is 2. The second-order valence-electron chi connectivity index (χ2n) is 6.82. The average Bonchev–Trinajstić information content (AvgIpc) is 2.72. The maximum atomic E-state index is 11.7. The van der Waals surface area contributed by atoms with Crippen molar-refractivity contribution < 1.29 is 17.9 Å². The van der Waals surface area contributed by atoms with Crippen LogP contribution in [-0.2, 0) is 14.8 Å². The number of pyridine rings is 2. The summed E-state index contributed by atoms with van der Waals surface area (Å²) in [7, 11) is -2.01. The number of rotatable bonds is 5. The van der Waals surface area contributed by atoms with Crippen molar-refractivity contribution in [3.63, 3.8) is 0 Å². The lowest BCUT2D eigenvalue weighted by Crippen LogP contribution is -2.36. The summed E-state index contributed by atoms with van der Waals surface area (Å²) in [5, 5.41) is 1.03. The standard InChI is InChI=1S/C20H22N4O4S/c1-27-20-18(23-29(2,25)26)12-15(13-22-20)14-3-4-17-16(11-14)19(5-6-21-17)24-7-9-28-10-8-24/h3-6,11-13,23H,7-10H2,1-2H3. The van der Waals surface area contributed by atoms with Crippen LogP contribution in [0.3, 0.4) is 0 Å². The Balaban J connectivity index is 1.79. The van der Waals surface area contributed by atoms with Gasteiger partial charge < -0.3 is 14.4 Å². The molecule has 0 radical (unpaired) electrons. The minimum atomic E-state index is -3.46. The van der Waals surface area contributed by atoms with Crippen LogP contribution in [-0.4, -0.2) is 58.1 Å². The van der Waals surface area contributed by atoms with Crippen LogP contribution in [0.2, 0.25) is 0 Å². The third-order valence-corrected chi connectivity index (χ3v) is 5.33. The van der Waals surface area contributed by atoms with E-state index in [9.17, 15) is 8.42 Å². The van der Waals surface area contributed by atoms with Gasteiger partial charge in [-0.2, -0.15) is 0 Å². The molecule has 9 heteroatoms. The number of hydrogen-bond donors (Lipinski definition) is 1. The van der Waals surface area contributed by atoms with E-state index in [2.05, 4.69) is 25.7 Å². The normalized spacial score (nSPS) is 14.8. The Morgan fingerprint density at radius 2 is 1.90 bits per heavy atom. The summed E-state index contributed by atoms with van der Waals surface area (Å²) in [6.45, 7) is 3.06. The molecule has 0 aliphatic carbocycles. The van der Waals surface area contributed by atoms with Crippen molar-refractivity contribution >= 4 is 32.3 Å². The largest absolute Gasteiger partial charge is 0.480 e. The number of ether oxygens (including phenoxy) is 2. The third kappa shape index (κ3) is 4.25. The fraction of sp³-hybridized carbons (Fsp3) is 0.300. The molecular formula is C20H22N4O4S. The minimum absolute atomic E-state index is 0.218. The minimum Gasteiger partial charge on any atom is -0.480 e. The molecule has 0 amide bonds. The molecule has 4 rings (SSSR count). The van der Waals surface area contributed by atoms with Gasteiger partial charge in [-0.1, -0.05) is 6.07 Å². The summed E-state index contributed by atoms with van der Waals surface area (Å²) in [5.41, 5.74) is 3.99. The van der Waals surface area contributed by atoms with Gasteiger partial charge in [-0.05, 0) is 29.8 Å². The van der Waals surface area contributed by atoms with Crippen LogP contribution in [0.5, 0.6) is 5.88 Å². The molecule has 1 fully saturated rings. The quantitative estimate of drug-likeness (QED) is 0.686. The number of sulfonamides is 1. The van der Waals surface area contributed by atoms with Gasteiger partial charge in [0, 0.05) is 42.1 Å². The van der Waals surface area contributed by atoms with E-state index in [-0.39, 0.29) is 5.88 Å². The lowest BCUT2D eigenvalue weighted by atomic mass is 10.0. The molecule has 0 saturated carbocycles. The topological polar surface area (TPSA) is 93.7 Å². The van der Waals surface area contributed by atoms with Gasteiger partial charge in [-0.3, -0.25) is 9.71 Å². The summed E-state index contributed by atoms with van der Waals surface area (Å²) in [4.78, 5) is 11.0. The molecule has 2 aromatic heterocycles. The zero-order valence-electron chi connectivity index (χ0n) is 16.3. The zero-order valence-corrected chi connectivity index (χ0v) is 17.1. The molecule has 0 spiro atoms. The number of fused-ring (bicyclic) bond motifs is 1. The second kappa shape index (κ2) is 7.84. The second-order valence-corrected chi connectivity index (χ2v) is 8.56. The number of aromatic nitrogens is 2. The average molecular weight is 414 g/mol. The predicted octanol–water partition coefficient (Wildman–Crippen LogP) is 2.51. The predicted molar refractivity (Wildman–Crippen MR) is 113 cm³/mol. The summed E-state index contributed by atoms with van der Waals surface area (Å²) in [6.07, 6.45) is 4.57. The highest BCUT2D eigenvalue weighted by Crippen LogP contribution is 2.33. The summed E-state index contributed by atoms with van der Waals surface area (Å²) < 4.78 is 36.5. The van der Waals surface area contributed by atoms with Crippen LogP contribution >= 0.6 is 0 Å². The maximum Gasteiger partial charge on any atom is 0.238 e. The smallest absolute Gasteiger partial charge is 0.238 e. The van der Waals surface area contributed by atoms with E-state index in [0.29, 0.717) is 18.9 Å². The molecule has 3 heterocycles. The first kappa shape index (κ1) is 19.4. The Hall–Kier alpha value is -2.91. The Morgan fingerprint density at radius 3 is 2.62 bits per heavy atom. The van der Waals surface area contributed by atoms with Crippen molar-refractivity contribution in [2.75, 3.05) is 49.3 Å². The van der Waals surface area contributed by atoms with Gasteiger partial charge in [0.25, 0.3) is 0 Å². The molecule has 0 atom stereocenters. The van der Waals surface area contributed by atoms with E-state index < -0.39 is 10.0 Å². The van der Waals surface area contributed by atoms with Crippen LogP contribution < -0.4 is 14.4 Å². The maximum absolute atomic E-state index is 11.7. The van der Waals surface area contributed by atoms with Gasteiger partial charge in [0.1, 0.15) is 5.69 Å². The number of hydrogen-bond acceptors (Lipinski definition) is 7. The van der Waals surface area contributed by atoms with Crippen molar-refractivity contribution in [1.29, 1.82) is 0 Å². The van der Waals surface area contributed by atoms with Crippen LogP contribution in [0.4, 0.5) is 11.4 Å². The van der Waals surface area contributed by atoms with E-state index in [1.807, 2.05) is 24.4 Å². The van der Waals surface area contributed by atoms with Crippen LogP contribution in [0, 0.1) is 0 Å². The monoisotopic (exact) mass is 414 g/mol. The van der Waals surface area contributed by atoms with Gasteiger partial charge >= 0.3 is 0 Å². The summed E-state index contributed by atoms with van der Waals surface area (Å²) >= 11 is 0. The van der Waals surface area contributed by atoms with Crippen LogP contribution in [0.1, 0.15) is 0 Å². The fourth-order valence-electron chi connectivity index (χ4n) is 3.44. The Morgan fingerprint density at radius 1 is 1.10 bits per heavy atom. The van der Waals surface area contributed by atoms with Crippen molar-refractivity contribution in [3.8, 4) is 17.0 Å². The SMILES string of the molecule is COc1ncc(-c2ccc3nccc(N4CCOCC4)c3c2)cc1NS(C)(=O)=O. The first-order valence-electron chi connectivity index (χ1n) is 9.18. The molecule has 3 aromatic rings. The molecule has 29 heavy (non-hydrogen) atoms. The number of nitrogens with zero attached hydrogens (tertiary/aromatic N) is 3. The number of methoxy groups -OCH3 is 1. The summed E-state index contributed by atoms with van der Waals surface area (Å²) in [5.74, 6) is 0.218. The molecule has 1 aliphatic rings. The molecular weight excluding hydrogens is 392 g/mol. The van der Waals surface area contributed by atoms with Gasteiger partial charge in [-0.25, -0.2) is 13.4 Å². The van der Waals surface area contributed by atoms with E-state index in [1.165, 1.54) is 7.11 Å². The van der Waals surface area contributed by atoms with E-state index in [1.54, 1.807) is 12.3 Å². The van der Waals surface area contributed by atoms with Crippen molar-refractivity contribution in [2.45, 2.75) is 0 Å². The van der Waals surface area contributed by atoms with Crippen molar-refractivity contribution in [2.24, 2.45) is 0 Å². The fourth-order valence-corrected chi connectivity index (χ4v) is 3.98. The third-order valence-electron chi connectivity index (χ3n) is 4.74. The molecule has 1 saturated heterocycles. The zero-order chi connectivity index (χ0) is 20.4. The molecule has 1 aliphatic heterocycles. The van der Waals surface area contributed by atoms with Gasteiger partial charge in [0.05, 0.1) is 32.1 Å². The Labute approximate surface area is 169 Å². The lowest BCUT2D eigenvalue weighted by molar-refractivity contribution is 0.123. The number of morpholine rings is 1. The molecule has 0 unspecified atom stereocenters. The summed E-state index contributed by atoms with van der Waals surface area (Å²) in [6, 6.07) is 9.70. The number of benzene rings is 1. The van der Waals surface area contributed by atoms with E-state index in [0.717, 1.165) is 47.1 Å². The number of nitrogens with one attached hydrogen (secondary N) is 1. The molecule has 0 bridgehead atoms. The first-order valence-corrected chi connectivity index (χ1v) is 11.1. The molecule has 8 nitrogen and oxygen atoms in total. The Kier molecular flexibility index (Phi) is 5.25. The van der Waals surface area contributed by atoms with Crippen LogP contribution in [0.25, 0.3) is 22.0 Å². The highest BCUT2D eigenvalue weighted by Gasteiger charge is 2.16. The van der Waals surface area contributed by atoms with Crippen molar-refractivity contribution in [1.82, 2.24) is 9.97 Å². The Bertz CT molecular complexity index is 1140. The first-order chi connectivity index (χ1) is 13.9.